The topological polar surface area (TPSA) is 87.9 Å². The minimum absolute atomic E-state index is 0.107. The number of nitro groups is 1. The van der Waals surface area contributed by atoms with E-state index in [1.165, 1.54) is 25.3 Å². The van der Waals surface area contributed by atoms with Crippen LogP contribution in [-0.4, -0.2) is 55.1 Å². The number of hydrogen-bond donors (Lipinski definition) is 1. The number of rotatable bonds is 6. The Kier molecular flexibility index (Phi) is 7.12. The molecule has 0 bridgehead atoms. The summed E-state index contributed by atoms with van der Waals surface area (Å²) in [5.41, 5.74) is 1.18. The smallest absolute Gasteiger partial charge is 0.271 e. The maximum atomic E-state index is 12.9. The number of nitrogens with one attached hydrogen (secondary N) is 1. The molecule has 0 aromatic heterocycles. The number of nitrogens with zero attached hydrogens (tertiary/aromatic N) is 3. The number of methoxy groups -OCH3 is 1. The molecule has 8 nitrogen and oxygen atoms in total. The fourth-order valence-electron chi connectivity index (χ4n) is 3.58. The van der Waals surface area contributed by atoms with Gasteiger partial charge in [-0.1, -0.05) is 23.7 Å². The van der Waals surface area contributed by atoms with Crippen molar-refractivity contribution in [3.05, 3.63) is 57.6 Å². The number of para-hydroxylation sites is 1. The van der Waals surface area contributed by atoms with E-state index in [0.29, 0.717) is 12.3 Å². The van der Waals surface area contributed by atoms with E-state index in [1.54, 1.807) is 0 Å². The summed E-state index contributed by atoms with van der Waals surface area (Å²) in [6.45, 7) is 4.91. The number of benzene rings is 2. The van der Waals surface area contributed by atoms with Gasteiger partial charge < -0.3 is 15.0 Å². The Hall–Kier alpha value is -2.84. The molecule has 0 spiro atoms. The second-order valence-electron chi connectivity index (χ2n) is 7.13. The average molecular weight is 433 g/mol. The van der Waals surface area contributed by atoms with Crippen molar-refractivity contribution in [2.75, 3.05) is 43.5 Å². The highest BCUT2D eigenvalue weighted by molar-refractivity contribution is 6.33. The van der Waals surface area contributed by atoms with Crippen LogP contribution in [0.1, 0.15) is 13.3 Å². The number of non-ortho nitro benzene ring substituents is 1. The molecular weight excluding hydrogens is 408 g/mol. The van der Waals surface area contributed by atoms with Gasteiger partial charge >= 0.3 is 0 Å². The van der Waals surface area contributed by atoms with Crippen LogP contribution in [0.15, 0.2) is 42.5 Å². The Bertz CT molecular complexity index is 924. The molecule has 0 aliphatic carbocycles. The second-order valence-corrected chi connectivity index (χ2v) is 7.54. The molecule has 1 aliphatic rings. The van der Waals surface area contributed by atoms with E-state index in [0.717, 1.165) is 36.8 Å². The van der Waals surface area contributed by atoms with Crippen LogP contribution in [-0.2, 0) is 4.79 Å². The van der Waals surface area contributed by atoms with Gasteiger partial charge in [0.1, 0.15) is 5.75 Å². The van der Waals surface area contributed by atoms with Crippen LogP contribution < -0.4 is 15.0 Å². The van der Waals surface area contributed by atoms with Gasteiger partial charge in [0.2, 0.25) is 5.91 Å². The SMILES string of the molecule is COc1ccc([N+](=O)[O-])cc1NC(=O)[C@H](C)N1CCCN(c2ccccc2Cl)CC1. The summed E-state index contributed by atoms with van der Waals surface area (Å²) in [5.74, 6) is 0.141. The van der Waals surface area contributed by atoms with Crippen molar-refractivity contribution in [3.63, 3.8) is 0 Å². The van der Waals surface area contributed by atoms with Crippen LogP contribution in [0.4, 0.5) is 17.1 Å². The molecule has 30 heavy (non-hydrogen) atoms. The lowest BCUT2D eigenvalue weighted by molar-refractivity contribution is -0.384. The molecule has 0 saturated carbocycles. The molecule has 9 heteroatoms. The van der Waals surface area contributed by atoms with Crippen molar-refractivity contribution in [1.82, 2.24) is 4.90 Å². The van der Waals surface area contributed by atoms with Gasteiger partial charge in [-0.2, -0.15) is 0 Å². The summed E-state index contributed by atoms with van der Waals surface area (Å²) >= 11 is 6.33. The average Bonchev–Trinajstić information content (AvgIpc) is 2.99. The van der Waals surface area contributed by atoms with Crippen LogP contribution >= 0.6 is 11.6 Å². The summed E-state index contributed by atoms with van der Waals surface area (Å²) in [6, 6.07) is 11.5. The lowest BCUT2D eigenvalue weighted by atomic mass is 10.2. The number of carbonyl (C=O) groups is 1. The van der Waals surface area contributed by atoms with Gasteiger partial charge in [-0.15, -0.1) is 0 Å². The first kappa shape index (κ1) is 21.9. The lowest BCUT2D eigenvalue weighted by Crippen LogP contribution is -2.44. The van der Waals surface area contributed by atoms with E-state index in [2.05, 4.69) is 15.1 Å². The standard InChI is InChI=1S/C21H25ClN4O4/c1-15(21(27)23-18-14-16(26(28)29)8-9-20(18)30-2)24-10-5-11-25(13-12-24)19-7-4-3-6-17(19)22/h3-4,6-9,14-15H,5,10-13H2,1-2H3,(H,23,27)/t15-/m0/s1. The van der Waals surface area contributed by atoms with Crippen molar-refractivity contribution < 1.29 is 14.5 Å². The highest BCUT2D eigenvalue weighted by Crippen LogP contribution is 2.29. The second kappa shape index (κ2) is 9.77. The van der Waals surface area contributed by atoms with Crippen LogP contribution in [0.3, 0.4) is 0 Å². The third-order valence-electron chi connectivity index (χ3n) is 5.30. The number of carbonyl (C=O) groups excluding carboxylic acids is 1. The zero-order valence-electron chi connectivity index (χ0n) is 17.0. The number of anilines is 2. The van der Waals surface area contributed by atoms with Gasteiger partial charge in [-0.3, -0.25) is 19.8 Å². The fourth-order valence-corrected chi connectivity index (χ4v) is 3.84. The van der Waals surface area contributed by atoms with E-state index >= 15 is 0 Å². The monoisotopic (exact) mass is 432 g/mol. The molecule has 0 radical (unpaired) electrons. The molecule has 1 N–H and O–H groups in total. The minimum atomic E-state index is -0.503. The Morgan fingerprint density at radius 2 is 1.97 bits per heavy atom. The first-order valence-corrected chi connectivity index (χ1v) is 10.2. The molecule has 1 fully saturated rings. The van der Waals surface area contributed by atoms with E-state index < -0.39 is 11.0 Å². The Labute approximate surface area is 180 Å². The molecule has 2 aromatic rings. The van der Waals surface area contributed by atoms with Crippen LogP contribution in [0, 0.1) is 10.1 Å². The molecule has 1 saturated heterocycles. The molecular formula is C21H25ClN4O4. The molecule has 3 rings (SSSR count). The molecule has 160 valence electrons. The first-order valence-electron chi connectivity index (χ1n) is 9.77. The summed E-state index contributed by atoms with van der Waals surface area (Å²) in [4.78, 5) is 27.8. The fraction of sp³-hybridized carbons (Fsp3) is 0.381. The van der Waals surface area contributed by atoms with Crippen molar-refractivity contribution in [1.29, 1.82) is 0 Å². The largest absolute Gasteiger partial charge is 0.495 e. The normalized spacial score (nSPS) is 15.9. The Morgan fingerprint density at radius 3 is 2.67 bits per heavy atom. The Morgan fingerprint density at radius 1 is 1.20 bits per heavy atom. The number of ether oxygens (including phenoxy) is 1. The maximum absolute atomic E-state index is 12.9. The van der Waals surface area contributed by atoms with Gasteiger partial charge in [-0.25, -0.2) is 0 Å². The van der Waals surface area contributed by atoms with E-state index in [1.807, 2.05) is 31.2 Å². The molecule has 1 aliphatic heterocycles. The van der Waals surface area contributed by atoms with E-state index in [9.17, 15) is 14.9 Å². The zero-order valence-corrected chi connectivity index (χ0v) is 17.8. The maximum Gasteiger partial charge on any atom is 0.271 e. The van der Waals surface area contributed by atoms with Crippen molar-refractivity contribution in [3.8, 4) is 5.75 Å². The number of halogens is 1. The van der Waals surface area contributed by atoms with Crippen LogP contribution in [0.2, 0.25) is 5.02 Å². The molecule has 1 heterocycles. The predicted molar refractivity (Wildman–Crippen MR) is 118 cm³/mol. The summed E-state index contributed by atoms with van der Waals surface area (Å²) in [7, 11) is 1.46. The highest BCUT2D eigenvalue weighted by Gasteiger charge is 2.26. The number of amides is 1. The first-order chi connectivity index (χ1) is 14.4. The van der Waals surface area contributed by atoms with Gasteiger partial charge in [0.15, 0.2) is 0 Å². The van der Waals surface area contributed by atoms with Gasteiger partial charge in [0, 0.05) is 38.3 Å². The quantitative estimate of drug-likeness (QED) is 0.551. The van der Waals surface area contributed by atoms with Crippen molar-refractivity contribution in [2.24, 2.45) is 0 Å². The minimum Gasteiger partial charge on any atom is -0.495 e. The predicted octanol–water partition coefficient (Wildman–Crippen LogP) is 3.80. The molecule has 1 atom stereocenters. The van der Waals surface area contributed by atoms with Crippen molar-refractivity contribution in [2.45, 2.75) is 19.4 Å². The van der Waals surface area contributed by atoms with Crippen LogP contribution in [0.5, 0.6) is 5.75 Å². The van der Waals surface area contributed by atoms with Gasteiger partial charge in [0.05, 0.1) is 34.5 Å². The van der Waals surface area contributed by atoms with E-state index in [4.69, 9.17) is 16.3 Å². The molecule has 0 unspecified atom stereocenters. The summed E-state index contributed by atoms with van der Waals surface area (Å²) in [5, 5.41) is 14.6. The molecule has 1 amide bonds. The zero-order chi connectivity index (χ0) is 21.7. The van der Waals surface area contributed by atoms with Gasteiger partial charge in [-0.05, 0) is 31.5 Å². The third-order valence-corrected chi connectivity index (χ3v) is 5.62. The molecule has 2 aromatic carbocycles. The summed E-state index contributed by atoms with van der Waals surface area (Å²) < 4.78 is 5.23. The summed E-state index contributed by atoms with van der Waals surface area (Å²) in [6.07, 6.45) is 0.892. The van der Waals surface area contributed by atoms with E-state index in [-0.39, 0.29) is 17.3 Å². The lowest BCUT2D eigenvalue weighted by Gasteiger charge is -2.27. The number of nitro benzene ring substituents is 1. The third kappa shape index (κ3) is 5.01. The van der Waals surface area contributed by atoms with Gasteiger partial charge in [0.25, 0.3) is 5.69 Å². The number of hydrogen-bond acceptors (Lipinski definition) is 6. The van der Waals surface area contributed by atoms with Crippen LogP contribution in [0.25, 0.3) is 0 Å². The highest BCUT2D eigenvalue weighted by atomic mass is 35.5. The Balaban J connectivity index is 1.67. The van der Waals surface area contributed by atoms with Crippen molar-refractivity contribution >= 4 is 34.6 Å².